The first-order chi connectivity index (χ1) is 10.2. The summed E-state index contributed by atoms with van der Waals surface area (Å²) < 4.78 is 37.6. The van der Waals surface area contributed by atoms with Crippen LogP contribution in [0.5, 0.6) is 0 Å². The van der Waals surface area contributed by atoms with Crippen molar-refractivity contribution in [3.05, 3.63) is 41.5 Å². The maximum Gasteiger partial charge on any atom is 0.416 e. The quantitative estimate of drug-likeness (QED) is 0.820. The van der Waals surface area contributed by atoms with Gasteiger partial charge in [0.25, 0.3) is 0 Å². The third-order valence-corrected chi connectivity index (χ3v) is 2.51. The van der Waals surface area contributed by atoms with Gasteiger partial charge in [-0.25, -0.2) is 0 Å². The lowest BCUT2D eigenvalue weighted by molar-refractivity contribution is -0.137. The Bertz CT molecular complexity index is 566. The molecule has 1 rings (SSSR count). The molecule has 4 nitrogen and oxygen atoms in total. The van der Waals surface area contributed by atoms with Crippen molar-refractivity contribution in [3.8, 4) is 0 Å². The molecule has 1 aromatic rings. The summed E-state index contributed by atoms with van der Waals surface area (Å²) in [5, 5.41) is 4.94. The van der Waals surface area contributed by atoms with E-state index in [9.17, 15) is 22.8 Å². The molecule has 0 saturated heterocycles. The Morgan fingerprint density at radius 1 is 1.27 bits per heavy atom. The lowest BCUT2D eigenvalue weighted by Crippen LogP contribution is -2.39. The van der Waals surface area contributed by atoms with Gasteiger partial charge in [0, 0.05) is 12.1 Å². The molecule has 0 aromatic heterocycles. The molecule has 0 spiro atoms. The Kier molecular flexibility index (Phi) is 6.15. The highest BCUT2D eigenvalue weighted by atomic mass is 19.4. The Labute approximate surface area is 126 Å². The molecule has 0 fully saturated rings. The molecule has 2 amide bonds. The van der Waals surface area contributed by atoms with Gasteiger partial charge in [-0.1, -0.05) is 12.1 Å². The van der Waals surface area contributed by atoms with Crippen molar-refractivity contribution in [2.45, 2.75) is 26.1 Å². The molecule has 0 aliphatic heterocycles. The van der Waals surface area contributed by atoms with Crippen LogP contribution in [-0.2, 0) is 15.8 Å². The minimum atomic E-state index is -4.43. The Morgan fingerprint density at radius 3 is 2.55 bits per heavy atom. The van der Waals surface area contributed by atoms with Gasteiger partial charge in [-0.05, 0) is 37.6 Å². The van der Waals surface area contributed by atoms with Gasteiger partial charge in [0.2, 0.25) is 11.8 Å². The summed E-state index contributed by atoms with van der Waals surface area (Å²) in [4.78, 5) is 22.8. The summed E-state index contributed by atoms with van der Waals surface area (Å²) in [5.41, 5.74) is -0.539. The molecule has 0 aliphatic carbocycles. The number of hydrogen-bond donors (Lipinski definition) is 2. The average molecular weight is 314 g/mol. The van der Waals surface area contributed by atoms with Crippen molar-refractivity contribution in [3.63, 3.8) is 0 Å². The van der Waals surface area contributed by atoms with Gasteiger partial charge in [0.05, 0.1) is 12.1 Å². The second-order valence-electron chi connectivity index (χ2n) is 4.90. The summed E-state index contributed by atoms with van der Waals surface area (Å²) in [6.07, 6.45) is -2.09. The zero-order chi connectivity index (χ0) is 16.8. The summed E-state index contributed by atoms with van der Waals surface area (Å²) in [5.74, 6) is -0.896. The maximum absolute atomic E-state index is 12.5. The minimum Gasteiger partial charge on any atom is -0.352 e. The van der Waals surface area contributed by atoms with Crippen LogP contribution in [0, 0.1) is 0 Å². The number of hydrogen-bond acceptors (Lipinski definition) is 2. The molecule has 1 aromatic carbocycles. The Morgan fingerprint density at radius 2 is 1.95 bits per heavy atom. The molecule has 120 valence electrons. The summed E-state index contributed by atoms with van der Waals surface area (Å²) >= 11 is 0. The zero-order valence-electron chi connectivity index (χ0n) is 12.2. The second kappa shape index (κ2) is 7.63. The fourth-order valence-corrected chi connectivity index (χ4v) is 1.59. The zero-order valence-corrected chi connectivity index (χ0v) is 12.2. The third-order valence-electron chi connectivity index (χ3n) is 2.51. The fourth-order valence-electron chi connectivity index (χ4n) is 1.59. The lowest BCUT2D eigenvalue weighted by atomic mass is 10.1. The summed E-state index contributed by atoms with van der Waals surface area (Å²) in [6.45, 7) is 3.38. The highest BCUT2D eigenvalue weighted by Gasteiger charge is 2.30. The van der Waals surface area contributed by atoms with Crippen molar-refractivity contribution < 1.29 is 22.8 Å². The maximum atomic E-state index is 12.5. The van der Waals surface area contributed by atoms with Crippen LogP contribution in [0.25, 0.3) is 6.08 Å². The van der Waals surface area contributed by atoms with Crippen molar-refractivity contribution in [1.82, 2.24) is 10.6 Å². The van der Waals surface area contributed by atoms with Crippen molar-refractivity contribution >= 4 is 17.9 Å². The Balaban J connectivity index is 2.58. The second-order valence-corrected chi connectivity index (χ2v) is 4.90. The Hall–Kier alpha value is -2.31. The standard InChI is InChI=1S/C15H17F3N2O2/c1-10(2)20-14(22)9-19-13(21)7-6-11-4-3-5-12(8-11)15(16,17)18/h3-8,10H,9H2,1-2H3,(H,19,21)(H,20,22)/b7-6+. The van der Waals surface area contributed by atoms with E-state index in [-0.39, 0.29) is 24.1 Å². The van der Waals surface area contributed by atoms with Gasteiger partial charge in [0.1, 0.15) is 0 Å². The van der Waals surface area contributed by atoms with Gasteiger partial charge in [0.15, 0.2) is 0 Å². The summed E-state index contributed by atoms with van der Waals surface area (Å²) in [6, 6.07) is 4.56. The minimum absolute atomic E-state index is 0.0370. The normalized spacial score (nSPS) is 11.7. The van der Waals surface area contributed by atoms with E-state index in [1.165, 1.54) is 18.2 Å². The van der Waals surface area contributed by atoms with Crippen molar-refractivity contribution in [2.75, 3.05) is 6.54 Å². The van der Waals surface area contributed by atoms with Crippen LogP contribution in [0.1, 0.15) is 25.0 Å². The first kappa shape index (κ1) is 17.7. The topological polar surface area (TPSA) is 58.2 Å². The SMILES string of the molecule is CC(C)NC(=O)CNC(=O)/C=C/c1cccc(C(F)(F)F)c1. The molecular formula is C15H17F3N2O2. The summed E-state index contributed by atoms with van der Waals surface area (Å²) in [7, 11) is 0. The van der Waals surface area contributed by atoms with Crippen LogP contribution in [0.3, 0.4) is 0 Å². The van der Waals surface area contributed by atoms with Crippen LogP contribution in [0.4, 0.5) is 13.2 Å². The number of rotatable bonds is 5. The number of alkyl halides is 3. The predicted molar refractivity (Wildman–Crippen MR) is 76.8 cm³/mol. The third kappa shape index (κ3) is 6.43. The number of carbonyl (C=O) groups is 2. The molecule has 0 unspecified atom stereocenters. The van der Waals surface area contributed by atoms with Crippen LogP contribution >= 0.6 is 0 Å². The van der Waals surface area contributed by atoms with E-state index in [1.54, 1.807) is 13.8 Å². The van der Waals surface area contributed by atoms with Crippen LogP contribution < -0.4 is 10.6 Å². The van der Waals surface area contributed by atoms with E-state index in [4.69, 9.17) is 0 Å². The highest BCUT2D eigenvalue weighted by molar-refractivity contribution is 5.94. The molecule has 0 saturated carbocycles. The fraction of sp³-hybridized carbons (Fsp3) is 0.333. The number of nitrogens with one attached hydrogen (secondary N) is 2. The molecular weight excluding hydrogens is 297 g/mol. The van der Waals surface area contributed by atoms with E-state index >= 15 is 0 Å². The molecule has 0 aliphatic rings. The lowest BCUT2D eigenvalue weighted by Gasteiger charge is -2.08. The smallest absolute Gasteiger partial charge is 0.352 e. The van der Waals surface area contributed by atoms with Crippen LogP contribution in [-0.4, -0.2) is 24.4 Å². The number of amides is 2. The molecule has 0 heterocycles. The molecule has 0 radical (unpaired) electrons. The first-order valence-corrected chi connectivity index (χ1v) is 6.61. The highest BCUT2D eigenvalue weighted by Crippen LogP contribution is 2.29. The number of carbonyl (C=O) groups excluding carboxylic acids is 2. The molecule has 22 heavy (non-hydrogen) atoms. The number of halogens is 3. The molecule has 7 heteroatoms. The van der Waals surface area contributed by atoms with E-state index in [1.807, 2.05) is 0 Å². The van der Waals surface area contributed by atoms with Gasteiger partial charge in [-0.2, -0.15) is 13.2 Å². The van der Waals surface area contributed by atoms with E-state index in [0.29, 0.717) is 0 Å². The average Bonchev–Trinajstić information content (AvgIpc) is 2.41. The van der Waals surface area contributed by atoms with Crippen LogP contribution in [0.15, 0.2) is 30.3 Å². The van der Waals surface area contributed by atoms with Crippen molar-refractivity contribution in [2.24, 2.45) is 0 Å². The molecule has 0 bridgehead atoms. The first-order valence-electron chi connectivity index (χ1n) is 6.61. The van der Waals surface area contributed by atoms with Gasteiger partial charge < -0.3 is 10.6 Å². The van der Waals surface area contributed by atoms with Crippen molar-refractivity contribution in [1.29, 1.82) is 0 Å². The molecule has 2 N–H and O–H groups in total. The van der Waals surface area contributed by atoms with E-state index in [0.717, 1.165) is 18.2 Å². The predicted octanol–water partition coefficient (Wildman–Crippen LogP) is 2.36. The molecule has 0 atom stereocenters. The van der Waals surface area contributed by atoms with E-state index in [2.05, 4.69) is 10.6 Å². The number of benzene rings is 1. The van der Waals surface area contributed by atoms with Gasteiger partial charge >= 0.3 is 6.18 Å². The van der Waals surface area contributed by atoms with E-state index < -0.39 is 17.6 Å². The van der Waals surface area contributed by atoms with Gasteiger partial charge in [-0.15, -0.1) is 0 Å². The largest absolute Gasteiger partial charge is 0.416 e. The van der Waals surface area contributed by atoms with Crippen LogP contribution in [0.2, 0.25) is 0 Å². The monoisotopic (exact) mass is 314 g/mol. The van der Waals surface area contributed by atoms with Gasteiger partial charge in [-0.3, -0.25) is 9.59 Å².